The lowest BCUT2D eigenvalue weighted by molar-refractivity contribution is -0.0359. The smallest absolute Gasteiger partial charge is 0.167 e. The number of hydrogen-bond donors (Lipinski definition) is 0. The van der Waals surface area contributed by atoms with Gasteiger partial charge >= 0.3 is 5.92 Å². The van der Waals surface area contributed by atoms with Crippen LogP contribution in [0, 0.1) is 6.92 Å². The maximum Gasteiger partial charge on any atom is 0.406 e. The third kappa shape index (κ3) is 3.22. The minimum atomic E-state index is -4.07. The number of benzene rings is 1. The summed E-state index contributed by atoms with van der Waals surface area (Å²) < 4.78 is 35.6. The Bertz CT molecular complexity index is 250. The first kappa shape index (κ1) is 9.53. The molecule has 1 aromatic rings. The van der Waals surface area contributed by atoms with E-state index in [-0.39, 0.29) is 0 Å². The van der Waals surface area contributed by atoms with Gasteiger partial charge in [0.05, 0.1) is 0 Å². The molecule has 0 aliphatic heterocycles. The molecule has 0 radical (unpaired) electrons. The van der Waals surface area contributed by atoms with Crippen LogP contribution in [0.2, 0.25) is 0 Å². The van der Waals surface area contributed by atoms with E-state index >= 15 is 0 Å². The van der Waals surface area contributed by atoms with Gasteiger partial charge in [0.25, 0.3) is 0 Å². The summed E-state index contributed by atoms with van der Waals surface area (Å²) in [6.07, 6.45) is 0. The molecule has 0 aliphatic rings. The summed E-state index contributed by atoms with van der Waals surface area (Å²) in [5.41, 5.74) is 0.978. The lowest BCUT2D eigenvalue weighted by Crippen LogP contribution is -2.05. The first-order chi connectivity index (χ1) is 5.47. The maximum absolute atomic E-state index is 11.9. The van der Waals surface area contributed by atoms with Crippen molar-refractivity contribution in [3.05, 3.63) is 29.8 Å². The highest BCUT2D eigenvalue weighted by Crippen LogP contribution is 2.35. The van der Waals surface area contributed by atoms with Crippen LogP contribution in [-0.4, -0.2) is 5.92 Å². The van der Waals surface area contributed by atoms with Crippen LogP contribution in [0.15, 0.2) is 24.3 Å². The zero-order valence-corrected chi connectivity index (χ0v) is 7.44. The van der Waals surface area contributed by atoms with Gasteiger partial charge in [-0.1, -0.05) is 29.8 Å². The molecule has 0 fully saturated rings. The van der Waals surface area contributed by atoms with Crippen LogP contribution in [0.1, 0.15) is 5.56 Å². The van der Waals surface area contributed by atoms with Crippen molar-refractivity contribution in [2.45, 2.75) is 12.8 Å². The molecular weight excluding hydrogens is 184 g/mol. The molecule has 0 bridgehead atoms. The van der Waals surface area contributed by atoms with Crippen molar-refractivity contribution < 1.29 is 13.2 Å². The molecule has 0 saturated heterocycles. The van der Waals surface area contributed by atoms with E-state index in [0.717, 1.165) is 5.56 Å². The lowest BCUT2D eigenvalue weighted by Gasteiger charge is -2.05. The van der Waals surface area contributed by atoms with Gasteiger partial charge in [-0.2, -0.15) is 13.2 Å². The van der Waals surface area contributed by atoms with Crippen LogP contribution in [0.25, 0.3) is 0 Å². The molecule has 0 aliphatic carbocycles. The minimum absolute atomic E-state index is 0.341. The number of rotatable bonds is 1. The van der Waals surface area contributed by atoms with Crippen molar-refractivity contribution in [2.75, 3.05) is 0 Å². The number of aryl methyl sites for hydroxylation is 1. The number of hydrogen-bond acceptors (Lipinski definition) is 0. The molecule has 0 N–H and O–H groups in total. The molecular formula is C8H8F3P. The maximum atomic E-state index is 11.9. The van der Waals surface area contributed by atoms with Crippen molar-refractivity contribution in [3.63, 3.8) is 0 Å². The average molecular weight is 192 g/mol. The van der Waals surface area contributed by atoms with E-state index in [0.29, 0.717) is 5.30 Å². The van der Waals surface area contributed by atoms with Gasteiger partial charge in [-0.25, -0.2) is 0 Å². The Morgan fingerprint density at radius 2 is 1.58 bits per heavy atom. The van der Waals surface area contributed by atoms with Crippen molar-refractivity contribution in [1.29, 1.82) is 0 Å². The van der Waals surface area contributed by atoms with E-state index in [4.69, 9.17) is 0 Å². The van der Waals surface area contributed by atoms with Crippen molar-refractivity contribution >= 4 is 13.9 Å². The average Bonchev–Trinajstić information content (AvgIpc) is 1.91. The molecule has 0 amide bonds. The van der Waals surface area contributed by atoms with Gasteiger partial charge in [-0.3, -0.25) is 0 Å². The normalized spacial score (nSPS) is 12.7. The van der Waals surface area contributed by atoms with E-state index in [9.17, 15) is 13.2 Å². The number of alkyl halides is 3. The van der Waals surface area contributed by atoms with Gasteiger partial charge < -0.3 is 0 Å². The second-order valence-corrected chi connectivity index (χ2v) is 3.88. The summed E-state index contributed by atoms with van der Waals surface area (Å²) in [7, 11) is -1.09. The predicted molar refractivity (Wildman–Crippen MR) is 45.2 cm³/mol. The Labute approximate surface area is 70.6 Å². The fourth-order valence-corrected chi connectivity index (χ4v) is 1.46. The third-order valence-electron chi connectivity index (χ3n) is 1.34. The minimum Gasteiger partial charge on any atom is -0.167 e. The van der Waals surface area contributed by atoms with Crippen molar-refractivity contribution in [2.24, 2.45) is 0 Å². The molecule has 0 heterocycles. The van der Waals surface area contributed by atoms with E-state index in [1.807, 2.05) is 6.92 Å². The molecule has 4 heteroatoms. The first-order valence-corrected chi connectivity index (χ1v) is 4.39. The van der Waals surface area contributed by atoms with Crippen LogP contribution in [0.5, 0.6) is 0 Å². The Kier molecular flexibility index (Phi) is 2.73. The summed E-state index contributed by atoms with van der Waals surface area (Å²) in [5.74, 6) is -4.07. The van der Waals surface area contributed by atoms with E-state index in [1.54, 1.807) is 12.1 Å². The molecule has 66 valence electrons. The molecule has 0 saturated carbocycles. The predicted octanol–water partition coefficient (Wildman–Crippen LogP) is 2.82. The summed E-state index contributed by atoms with van der Waals surface area (Å²) in [4.78, 5) is 0. The van der Waals surface area contributed by atoms with Crippen LogP contribution in [-0.2, 0) is 0 Å². The van der Waals surface area contributed by atoms with E-state index in [2.05, 4.69) is 0 Å². The van der Waals surface area contributed by atoms with Gasteiger partial charge in [0.2, 0.25) is 0 Å². The molecule has 0 spiro atoms. The quantitative estimate of drug-likeness (QED) is 0.600. The highest BCUT2D eigenvalue weighted by atomic mass is 31.1. The van der Waals surface area contributed by atoms with Gasteiger partial charge in [-0.15, -0.1) is 0 Å². The Balaban J connectivity index is 2.71. The first-order valence-electron chi connectivity index (χ1n) is 3.39. The molecule has 1 unspecified atom stereocenters. The molecule has 0 nitrogen and oxygen atoms in total. The molecule has 0 aromatic heterocycles. The van der Waals surface area contributed by atoms with Crippen LogP contribution >= 0.6 is 8.58 Å². The summed E-state index contributed by atoms with van der Waals surface area (Å²) >= 11 is 0. The fourth-order valence-electron chi connectivity index (χ4n) is 0.801. The molecule has 1 aromatic carbocycles. The highest BCUT2D eigenvalue weighted by molar-refractivity contribution is 7.48. The number of halogens is 3. The van der Waals surface area contributed by atoms with Gasteiger partial charge in [-0.05, 0) is 12.2 Å². The standard InChI is InChI=1S/C8H8F3P/c1-6-2-4-7(5-3-6)12-8(9,10)11/h2-5,12H,1H3. The van der Waals surface area contributed by atoms with Crippen LogP contribution < -0.4 is 5.30 Å². The molecule has 1 atom stereocenters. The van der Waals surface area contributed by atoms with Gasteiger partial charge in [0.15, 0.2) is 0 Å². The third-order valence-corrected chi connectivity index (χ3v) is 2.24. The zero-order chi connectivity index (χ0) is 9.19. The Morgan fingerprint density at radius 3 is 2.00 bits per heavy atom. The summed E-state index contributed by atoms with van der Waals surface area (Å²) in [6.45, 7) is 1.85. The van der Waals surface area contributed by atoms with Crippen molar-refractivity contribution in [3.8, 4) is 0 Å². The van der Waals surface area contributed by atoms with E-state index in [1.165, 1.54) is 12.1 Å². The van der Waals surface area contributed by atoms with Gasteiger partial charge in [0, 0.05) is 8.58 Å². The highest BCUT2D eigenvalue weighted by Gasteiger charge is 2.27. The molecule has 1 rings (SSSR count). The lowest BCUT2D eigenvalue weighted by atomic mass is 10.2. The van der Waals surface area contributed by atoms with Crippen molar-refractivity contribution in [1.82, 2.24) is 0 Å². The van der Waals surface area contributed by atoms with E-state index < -0.39 is 14.5 Å². The second-order valence-electron chi connectivity index (χ2n) is 2.49. The summed E-state index contributed by atoms with van der Waals surface area (Å²) in [6, 6.07) is 6.41. The monoisotopic (exact) mass is 192 g/mol. The SMILES string of the molecule is Cc1ccc(PC(F)(F)F)cc1. The molecule has 12 heavy (non-hydrogen) atoms. The fraction of sp³-hybridized carbons (Fsp3) is 0.250. The van der Waals surface area contributed by atoms with Gasteiger partial charge in [0.1, 0.15) is 0 Å². The topological polar surface area (TPSA) is 0 Å². The van der Waals surface area contributed by atoms with Crippen LogP contribution in [0.3, 0.4) is 0 Å². The Morgan fingerprint density at radius 1 is 1.08 bits per heavy atom. The second kappa shape index (κ2) is 3.44. The Hall–Kier alpha value is -0.560. The van der Waals surface area contributed by atoms with Crippen LogP contribution in [0.4, 0.5) is 13.2 Å². The summed E-state index contributed by atoms with van der Waals surface area (Å²) in [5, 5.41) is 0.341. The largest absolute Gasteiger partial charge is 0.406 e. The zero-order valence-electron chi connectivity index (χ0n) is 6.44.